The third kappa shape index (κ3) is 7.63. The maximum absolute atomic E-state index is 4.18. The average Bonchev–Trinajstić information content (AvgIpc) is 2.73. The zero-order chi connectivity index (χ0) is 20.2. The second-order valence-electron chi connectivity index (χ2n) is 7.85. The summed E-state index contributed by atoms with van der Waals surface area (Å²) < 4.78 is 0. The number of rotatable bonds is 2. The van der Waals surface area contributed by atoms with Crippen molar-refractivity contribution in [2.24, 2.45) is 0 Å². The van der Waals surface area contributed by atoms with Crippen molar-refractivity contribution in [3.05, 3.63) is 49.1 Å². The van der Waals surface area contributed by atoms with Gasteiger partial charge in [0.15, 0.2) is 0 Å². The maximum Gasteiger partial charge on any atom is 0.0552 e. The Bertz CT molecular complexity index is 658. The Balaban J connectivity index is 0.000000166. The highest BCUT2D eigenvalue weighted by molar-refractivity contribution is 5.44. The fourth-order valence-corrected chi connectivity index (χ4v) is 3.81. The zero-order valence-electron chi connectivity index (χ0n) is 17.8. The van der Waals surface area contributed by atoms with Crippen LogP contribution in [0.15, 0.2) is 49.1 Å². The van der Waals surface area contributed by atoms with Crippen molar-refractivity contribution in [2.75, 3.05) is 55.6 Å². The van der Waals surface area contributed by atoms with E-state index in [9.17, 15) is 0 Å². The van der Waals surface area contributed by atoms with Crippen molar-refractivity contribution in [1.29, 1.82) is 0 Å². The molecule has 0 amide bonds. The number of hydrogen-bond donors (Lipinski definition) is 2. The molecule has 2 fully saturated rings. The third-order valence-electron chi connectivity index (χ3n) is 5.51. The number of nitrogens with one attached hydrogen (secondary N) is 2. The Hall–Kier alpha value is -2.18. The lowest BCUT2D eigenvalue weighted by molar-refractivity contribution is 0.475. The van der Waals surface area contributed by atoms with Gasteiger partial charge < -0.3 is 20.4 Å². The van der Waals surface area contributed by atoms with Gasteiger partial charge in [0, 0.05) is 44.6 Å². The van der Waals surface area contributed by atoms with Gasteiger partial charge in [0.1, 0.15) is 0 Å². The number of hydrogen-bond acceptors (Lipinski definition) is 6. The summed E-state index contributed by atoms with van der Waals surface area (Å²) in [5, 5.41) is 6.93. The van der Waals surface area contributed by atoms with Crippen LogP contribution in [0.5, 0.6) is 0 Å². The fourth-order valence-electron chi connectivity index (χ4n) is 3.81. The van der Waals surface area contributed by atoms with Crippen LogP contribution in [0.1, 0.15) is 32.6 Å². The molecule has 29 heavy (non-hydrogen) atoms. The minimum atomic E-state index is 0.629. The molecule has 2 aromatic heterocycles. The molecule has 0 aliphatic carbocycles. The molecule has 0 radical (unpaired) electrons. The van der Waals surface area contributed by atoms with Crippen LogP contribution in [0.2, 0.25) is 0 Å². The van der Waals surface area contributed by atoms with E-state index in [2.05, 4.69) is 49.5 Å². The lowest BCUT2D eigenvalue weighted by atomic mass is 10.1. The summed E-state index contributed by atoms with van der Waals surface area (Å²) in [5.41, 5.74) is 2.51. The molecule has 1 unspecified atom stereocenters. The van der Waals surface area contributed by atoms with Crippen LogP contribution in [-0.2, 0) is 0 Å². The van der Waals surface area contributed by atoms with E-state index in [1.807, 2.05) is 36.9 Å². The first kappa shape index (κ1) is 21.5. The van der Waals surface area contributed by atoms with Gasteiger partial charge in [-0.05, 0) is 76.5 Å². The zero-order valence-corrected chi connectivity index (χ0v) is 17.8. The Morgan fingerprint density at radius 3 is 1.90 bits per heavy atom. The van der Waals surface area contributed by atoms with Crippen LogP contribution in [0.3, 0.4) is 0 Å². The van der Waals surface area contributed by atoms with Gasteiger partial charge in [-0.3, -0.25) is 9.97 Å². The summed E-state index contributed by atoms with van der Waals surface area (Å²) >= 11 is 0. The van der Waals surface area contributed by atoms with E-state index in [0.717, 1.165) is 45.8 Å². The van der Waals surface area contributed by atoms with Gasteiger partial charge in [0.05, 0.1) is 23.8 Å². The topological polar surface area (TPSA) is 56.3 Å². The molecule has 4 heterocycles. The quantitative estimate of drug-likeness (QED) is 0.814. The smallest absolute Gasteiger partial charge is 0.0552 e. The molecule has 0 aromatic carbocycles. The van der Waals surface area contributed by atoms with E-state index >= 15 is 0 Å². The van der Waals surface area contributed by atoms with Gasteiger partial charge in [0.25, 0.3) is 0 Å². The lowest BCUT2D eigenvalue weighted by Crippen LogP contribution is -2.38. The molecule has 158 valence electrons. The number of aromatic nitrogens is 2. The number of nitrogens with zero attached hydrogens (tertiary/aromatic N) is 4. The SMILES string of the molecule is CC1CCN(c2cccnc2)CCCN1.c1cncc(N2CCCNCCC2)c1. The van der Waals surface area contributed by atoms with Crippen molar-refractivity contribution in [2.45, 2.75) is 38.6 Å². The van der Waals surface area contributed by atoms with Crippen molar-refractivity contribution in [3.8, 4) is 0 Å². The van der Waals surface area contributed by atoms with E-state index in [-0.39, 0.29) is 0 Å². The van der Waals surface area contributed by atoms with E-state index in [4.69, 9.17) is 0 Å². The normalized spacial score (nSPS) is 21.1. The van der Waals surface area contributed by atoms with Crippen LogP contribution in [0.25, 0.3) is 0 Å². The maximum atomic E-state index is 4.18. The van der Waals surface area contributed by atoms with Gasteiger partial charge >= 0.3 is 0 Å². The summed E-state index contributed by atoms with van der Waals surface area (Å²) in [7, 11) is 0. The Morgan fingerprint density at radius 2 is 1.34 bits per heavy atom. The minimum absolute atomic E-state index is 0.629. The molecule has 1 atom stereocenters. The fraction of sp³-hybridized carbons (Fsp3) is 0.565. The average molecular weight is 397 g/mol. The Labute approximate surface area is 175 Å². The van der Waals surface area contributed by atoms with E-state index in [1.165, 1.54) is 37.1 Å². The van der Waals surface area contributed by atoms with Crippen molar-refractivity contribution in [1.82, 2.24) is 20.6 Å². The largest absolute Gasteiger partial charge is 0.370 e. The molecule has 4 rings (SSSR count). The highest BCUT2D eigenvalue weighted by atomic mass is 15.1. The third-order valence-corrected chi connectivity index (χ3v) is 5.51. The van der Waals surface area contributed by atoms with Gasteiger partial charge in [-0.15, -0.1) is 0 Å². The van der Waals surface area contributed by atoms with Crippen molar-refractivity contribution in [3.63, 3.8) is 0 Å². The first-order chi connectivity index (χ1) is 14.3. The van der Waals surface area contributed by atoms with E-state index < -0.39 is 0 Å². The second kappa shape index (κ2) is 12.4. The minimum Gasteiger partial charge on any atom is -0.370 e. The molecular formula is C23H36N6. The summed E-state index contributed by atoms with van der Waals surface area (Å²) in [6.45, 7) is 10.2. The van der Waals surface area contributed by atoms with Crippen LogP contribution < -0.4 is 20.4 Å². The first-order valence-corrected chi connectivity index (χ1v) is 11.1. The van der Waals surface area contributed by atoms with Crippen molar-refractivity contribution < 1.29 is 0 Å². The summed E-state index contributed by atoms with van der Waals surface area (Å²) in [4.78, 5) is 13.2. The second-order valence-corrected chi connectivity index (χ2v) is 7.85. The molecule has 6 nitrogen and oxygen atoms in total. The molecule has 2 aliphatic heterocycles. The molecule has 2 N–H and O–H groups in total. The number of anilines is 2. The molecule has 0 spiro atoms. The van der Waals surface area contributed by atoms with Crippen molar-refractivity contribution >= 4 is 11.4 Å². The van der Waals surface area contributed by atoms with Gasteiger partial charge in [-0.1, -0.05) is 0 Å². The monoisotopic (exact) mass is 396 g/mol. The highest BCUT2D eigenvalue weighted by Crippen LogP contribution is 2.14. The van der Waals surface area contributed by atoms with Gasteiger partial charge in [0.2, 0.25) is 0 Å². The Morgan fingerprint density at radius 1 is 0.793 bits per heavy atom. The van der Waals surface area contributed by atoms with E-state index in [1.54, 1.807) is 0 Å². The summed E-state index contributed by atoms with van der Waals surface area (Å²) in [6, 6.07) is 8.93. The number of pyridine rings is 2. The van der Waals surface area contributed by atoms with Crippen LogP contribution in [-0.4, -0.2) is 61.8 Å². The lowest BCUT2D eigenvalue weighted by Gasteiger charge is -2.29. The summed E-state index contributed by atoms with van der Waals surface area (Å²) in [6.07, 6.45) is 12.4. The van der Waals surface area contributed by atoms with Gasteiger partial charge in [-0.25, -0.2) is 0 Å². The van der Waals surface area contributed by atoms with E-state index in [0.29, 0.717) is 6.04 Å². The van der Waals surface area contributed by atoms with Crippen LogP contribution in [0.4, 0.5) is 11.4 Å². The first-order valence-electron chi connectivity index (χ1n) is 11.1. The van der Waals surface area contributed by atoms with Crippen LogP contribution in [0, 0.1) is 0 Å². The Kier molecular flexibility index (Phi) is 9.20. The molecule has 2 saturated heterocycles. The molecule has 0 bridgehead atoms. The molecule has 6 heteroatoms. The summed E-state index contributed by atoms with van der Waals surface area (Å²) in [5.74, 6) is 0. The molecular weight excluding hydrogens is 360 g/mol. The van der Waals surface area contributed by atoms with Gasteiger partial charge in [-0.2, -0.15) is 0 Å². The van der Waals surface area contributed by atoms with Crippen LogP contribution >= 0.6 is 0 Å². The molecule has 2 aromatic rings. The molecule has 0 saturated carbocycles. The standard InChI is InChI=1S/C12H19N3.C11H17N3/c1-11-5-9-15(8-3-7-14-11)12-4-2-6-13-10-12;1-4-11(10-13-5-1)14-8-2-6-12-7-3-9-14/h2,4,6,10-11,14H,3,5,7-9H2,1H3;1,4-5,10,12H,2-3,6-9H2. The predicted octanol–water partition coefficient (Wildman–Crippen LogP) is 2.93. The predicted molar refractivity (Wildman–Crippen MR) is 122 cm³/mol. The molecule has 2 aliphatic rings. The highest BCUT2D eigenvalue weighted by Gasteiger charge is 2.12.